The zero-order valence-electron chi connectivity index (χ0n) is 13.0. The Morgan fingerprint density at radius 3 is 2.48 bits per heavy atom. The van der Waals surface area contributed by atoms with Crippen LogP contribution in [0.4, 0.5) is 5.69 Å². The molecule has 0 amide bonds. The molecule has 0 bridgehead atoms. The molecule has 0 aromatic heterocycles. The highest BCUT2D eigenvalue weighted by molar-refractivity contribution is 7.92. The lowest BCUT2D eigenvalue weighted by molar-refractivity contribution is 0.0697. The molecule has 0 atom stereocenters. The smallest absolute Gasteiger partial charge is 0.335 e. The maximum absolute atomic E-state index is 12.6. The van der Waals surface area contributed by atoms with E-state index in [0.29, 0.717) is 12.3 Å². The lowest BCUT2D eigenvalue weighted by Crippen LogP contribution is -2.16. The Bertz CT molecular complexity index is 813. The minimum absolute atomic E-state index is 0.0284. The summed E-state index contributed by atoms with van der Waals surface area (Å²) < 4.78 is 27.7. The monoisotopic (exact) mass is 333 g/mol. The highest BCUT2D eigenvalue weighted by Gasteiger charge is 2.19. The number of nitrogens with one attached hydrogen (secondary N) is 1. The van der Waals surface area contributed by atoms with Crippen LogP contribution < -0.4 is 4.72 Å². The molecule has 5 nitrogen and oxygen atoms in total. The summed E-state index contributed by atoms with van der Waals surface area (Å²) in [6.07, 6.45) is 0.645. The third kappa shape index (κ3) is 4.32. The first-order valence-corrected chi connectivity index (χ1v) is 8.72. The number of anilines is 1. The third-order valence-electron chi connectivity index (χ3n) is 3.25. The molecule has 2 N–H and O–H groups in total. The van der Waals surface area contributed by atoms with Gasteiger partial charge in [-0.25, -0.2) is 13.2 Å². The molecule has 6 heteroatoms. The van der Waals surface area contributed by atoms with Crippen LogP contribution in [0.2, 0.25) is 0 Å². The average molecular weight is 333 g/mol. The van der Waals surface area contributed by atoms with E-state index in [4.69, 9.17) is 5.11 Å². The van der Waals surface area contributed by atoms with Gasteiger partial charge in [-0.2, -0.15) is 0 Å². The molecule has 0 saturated carbocycles. The van der Waals surface area contributed by atoms with E-state index < -0.39 is 16.0 Å². The number of carbonyl (C=O) groups is 1. The first-order valence-electron chi connectivity index (χ1n) is 7.23. The van der Waals surface area contributed by atoms with Gasteiger partial charge in [0, 0.05) is 5.69 Å². The minimum Gasteiger partial charge on any atom is -0.478 e. The van der Waals surface area contributed by atoms with Crippen LogP contribution >= 0.6 is 0 Å². The van der Waals surface area contributed by atoms with Gasteiger partial charge in [0.25, 0.3) is 10.0 Å². The van der Waals surface area contributed by atoms with Crippen molar-refractivity contribution in [3.05, 3.63) is 59.7 Å². The van der Waals surface area contributed by atoms with Gasteiger partial charge >= 0.3 is 5.97 Å². The molecular weight excluding hydrogens is 314 g/mol. The maximum Gasteiger partial charge on any atom is 0.335 e. The van der Waals surface area contributed by atoms with Crippen LogP contribution in [0.1, 0.15) is 29.8 Å². The Balaban J connectivity index is 2.36. The van der Waals surface area contributed by atoms with Crippen molar-refractivity contribution < 1.29 is 18.3 Å². The third-order valence-corrected chi connectivity index (χ3v) is 4.73. The number of benzene rings is 2. The quantitative estimate of drug-likeness (QED) is 0.849. The zero-order valence-corrected chi connectivity index (χ0v) is 13.8. The lowest BCUT2D eigenvalue weighted by Gasteiger charge is -2.14. The maximum atomic E-state index is 12.6. The predicted molar refractivity (Wildman–Crippen MR) is 89.2 cm³/mol. The summed E-state index contributed by atoms with van der Waals surface area (Å²) in [5.74, 6) is -0.784. The highest BCUT2D eigenvalue weighted by atomic mass is 32.2. The highest BCUT2D eigenvalue weighted by Crippen LogP contribution is 2.22. The Hall–Kier alpha value is -2.34. The van der Waals surface area contributed by atoms with Crippen LogP contribution in [-0.2, 0) is 16.4 Å². The standard InChI is InChI=1S/C17H19NO4S/c1-12(2)10-13-6-3-4-9-16(13)23(21,22)18-15-8-5-7-14(11-15)17(19)20/h3-9,11-12,18H,10H2,1-2H3,(H,19,20). The topological polar surface area (TPSA) is 83.5 Å². The van der Waals surface area contributed by atoms with Crippen LogP contribution in [0.5, 0.6) is 0 Å². The molecule has 0 radical (unpaired) electrons. The molecule has 2 rings (SSSR count). The minimum atomic E-state index is -3.77. The van der Waals surface area contributed by atoms with Crippen molar-refractivity contribution in [2.75, 3.05) is 4.72 Å². The number of rotatable bonds is 6. The van der Waals surface area contributed by atoms with Crippen molar-refractivity contribution in [3.8, 4) is 0 Å². The normalized spacial score (nSPS) is 11.4. The van der Waals surface area contributed by atoms with Gasteiger partial charge in [0.15, 0.2) is 0 Å². The Morgan fingerprint density at radius 1 is 1.13 bits per heavy atom. The molecule has 0 heterocycles. The van der Waals surface area contributed by atoms with Crippen LogP contribution in [0.3, 0.4) is 0 Å². The molecule has 0 aliphatic carbocycles. The van der Waals surface area contributed by atoms with E-state index in [1.54, 1.807) is 18.2 Å². The Kier molecular flexibility index (Phi) is 5.05. The van der Waals surface area contributed by atoms with Crippen LogP contribution in [-0.4, -0.2) is 19.5 Å². The van der Waals surface area contributed by atoms with Gasteiger partial charge in [0.2, 0.25) is 0 Å². The molecule has 0 aliphatic heterocycles. The van der Waals surface area contributed by atoms with Crippen LogP contribution in [0, 0.1) is 5.92 Å². The number of aromatic carboxylic acids is 1. The Morgan fingerprint density at radius 2 is 1.83 bits per heavy atom. The number of hydrogen-bond donors (Lipinski definition) is 2. The fourth-order valence-electron chi connectivity index (χ4n) is 2.30. The SMILES string of the molecule is CC(C)Cc1ccccc1S(=O)(=O)Nc1cccc(C(=O)O)c1. The summed E-state index contributed by atoms with van der Waals surface area (Å²) >= 11 is 0. The van der Waals surface area contributed by atoms with Crippen LogP contribution in [0.25, 0.3) is 0 Å². The first-order chi connectivity index (χ1) is 10.8. The molecule has 0 fully saturated rings. The van der Waals surface area contributed by atoms with Gasteiger partial charge in [-0.3, -0.25) is 4.72 Å². The van der Waals surface area contributed by atoms with E-state index in [1.807, 2.05) is 19.9 Å². The van der Waals surface area contributed by atoms with Crippen molar-refractivity contribution in [3.63, 3.8) is 0 Å². The number of carboxylic acids is 1. The summed E-state index contributed by atoms with van der Waals surface area (Å²) in [7, 11) is -3.77. The molecule has 0 aliphatic rings. The van der Waals surface area contributed by atoms with Gasteiger partial charge in [-0.1, -0.05) is 38.1 Å². The van der Waals surface area contributed by atoms with E-state index >= 15 is 0 Å². The fraction of sp³-hybridized carbons (Fsp3) is 0.235. The molecule has 2 aromatic rings. The summed E-state index contributed by atoms with van der Waals surface area (Å²) in [4.78, 5) is 11.2. The van der Waals surface area contributed by atoms with E-state index in [-0.39, 0.29) is 16.1 Å². The summed E-state index contributed by atoms with van der Waals surface area (Å²) in [5.41, 5.74) is 0.995. The van der Waals surface area contributed by atoms with E-state index in [1.165, 1.54) is 24.3 Å². The van der Waals surface area contributed by atoms with Crippen molar-refractivity contribution >= 4 is 21.7 Å². The molecule has 23 heavy (non-hydrogen) atoms. The van der Waals surface area contributed by atoms with Gasteiger partial charge in [-0.15, -0.1) is 0 Å². The van der Waals surface area contributed by atoms with Gasteiger partial charge in [-0.05, 0) is 42.2 Å². The van der Waals surface area contributed by atoms with Gasteiger partial charge in [0.1, 0.15) is 0 Å². The first kappa shape index (κ1) is 17.0. The summed E-state index contributed by atoms with van der Waals surface area (Å²) in [6.45, 7) is 4.04. The zero-order chi connectivity index (χ0) is 17.0. The van der Waals surface area contributed by atoms with E-state index in [0.717, 1.165) is 5.56 Å². The van der Waals surface area contributed by atoms with Crippen LogP contribution in [0.15, 0.2) is 53.4 Å². The van der Waals surface area contributed by atoms with E-state index in [9.17, 15) is 13.2 Å². The molecule has 0 unspecified atom stereocenters. The van der Waals surface area contributed by atoms with E-state index in [2.05, 4.69) is 4.72 Å². The van der Waals surface area contributed by atoms with Gasteiger partial charge in [0.05, 0.1) is 10.5 Å². The predicted octanol–water partition coefficient (Wildman–Crippen LogP) is 3.38. The average Bonchev–Trinajstić information content (AvgIpc) is 2.46. The molecule has 122 valence electrons. The summed E-state index contributed by atoms with van der Waals surface area (Å²) in [5, 5.41) is 8.99. The van der Waals surface area contributed by atoms with Crippen molar-refractivity contribution in [2.45, 2.75) is 25.2 Å². The molecule has 0 saturated heterocycles. The number of hydrogen-bond acceptors (Lipinski definition) is 3. The number of sulfonamides is 1. The van der Waals surface area contributed by atoms with Crippen molar-refractivity contribution in [2.24, 2.45) is 5.92 Å². The van der Waals surface area contributed by atoms with Crippen molar-refractivity contribution in [1.82, 2.24) is 0 Å². The Labute approximate surface area is 136 Å². The second kappa shape index (κ2) is 6.83. The second-order valence-electron chi connectivity index (χ2n) is 5.70. The van der Waals surface area contributed by atoms with Gasteiger partial charge < -0.3 is 5.11 Å². The molecular formula is C17H19NO4S. The summed E-state index contributed by atoms with van der Waals surface area (Å²) in [6, 6.07) is 12.6. The largest absolute Gasteiger partial charge is 0.478 e. The fourth-order valence-corrected chi connectivity index (χ4v) is 3.60. The molecule has 0 spiro atoms. The second-order valence-corrected chi connectivity index (χ2v) is 7.35. The lowest BCUT2D eigenvalue weighted by atomic mass is 10.0. The van der Waals surface area contributed by atoms with Crippen molar-refractivity contribution in [1.29, 1.82) is 0 Å². The molecule has 2 aromatic carbocycles. The number of carboxylic acid groups (broad SMARTS) is 1.